The van der Waals surface area contributed by atoms with Gasteiger partial charge in [0, 0.05) is 48.1 Å². The van der Waals surface area contributed by atoms with Gasteiger partial charge in [0.15, 0.2) is 5.78 Å². The van der Waals surface area contributed by atoms with Crippen molar-refractivity contribution in [2.45, 2.75) is 39.2 Å². The van der Waals surface area contributed by atoms with Crippen molar-refractivity contribution >= 4 is 29.0 Å². The lowest BCUT2D eigenvalue weighted by molar-refractivity contribution is -0.116. The van der Waals surface area contributed by atoms with Crippen LogP contribution in [0.25, 0.3) is 0 Å². The van der Waals surface area contributed by atoms with Crippen molar-refractivity contribution < 1.29 is 14.4 Å². The number of benzene rings is 2. The van der Waals surface area contributed by atoms with Crippen molar-refractivity contribution in [2.75, 3.05) is 23.3 Å². The molecule has 3 rings (SSSR count). The Kier molecular flexibility index (Phi) is 6.65. The maximum atomic E-state index is 12.4. The molecule has 2 aromatic carbocycles. The van der Waals surface area contributed by atoms with Gasteiger partial charge in [-0.15, -0.1) is 0 Å². The van der Waals surface area contributed by atoms with E-state index in [-0.39, 0.29) is 30.1 Å². The van der Waals surface area contributed by atoms with E-state index in [1.807, 2.05) is 18.2 Å². The zero-order valence-electron chi connectivity index (χ0n) is 16.9. The van der Waals surface area contributed by atoms with E-state index >= 15 is 0 Å². The molecule has 1 heterocycles. The fourth-order valence-electron chi connectivity index (χ4n) is 3.46. The van der Waals surface area contributed by atoms with Crippen LogP contribution in [-0.4, -0.2) is 36.7 Å². The van der Waals surface area contributed by atoms with Crippen LogP contribution in [0.3, 0.4) is 0 Å². The maximum Gasteiger partial charge on any atom is 0.251 e. The van der Waals surface area contributed by atoms with Crippen molar-refractivity contribution in [1.29, 1.82) is 0 Å². The van der Waals surface area contributed by atoms with Gasteiger partial charge in [-0.2, -0.15) is 0 Å². The molecule has 2 aromatic rings. The van der Waals surface area contributed by atoms with Gasteiger partial charge in [0.1, 0.15) is 0 Å². The van der Waals surface area contributed by atoms with Crippen molar-refractivity contribution in [1.82, 2.24) is 5.32 Å². The van der Waals surface area contributed by atoms with E-state index < -0.39 is 0 Å². The Morgan fingerprint density at radius 2 is 1.66 bits per heavy atom. The summed E-state index contributed by atoms with van der Waals surface area (Å²) < 4.78 is 0. The van der Waals surface area contributed by atoms with Crippen molar-refractivity contribution in [2.24, 2.45) is 0 Å². The minimum Gasteiger partial charge on any atom is -0.371 e. The van der Waals surface area contributed by atoms with Crippen molar-refractivity contribution in [3.8, 4) is 0 Å². The molecule has 0 saturated carbocycles. The molecule has 1 atom stereocenters. The van der Waals surface area contributed by atoms with Gasteiger partial charge >= 0.3 is 0 Å². The molecule has 6 heteroatoms. The normalized spacial score (nSPS) is 14.3. The topological polar surface area (TPSA) is 78.5 Å². The molecular weight excluding hydrogens is 366 g/mol. The Morgan fingerprint density at radius 3 is 2.31 bits per heavy atom. The third-order valence-electron chi connectivity index (χ3n) is 5.02. The average Bonchev–Trinajstić information content (AvgIpc) is 3.23. The van der Waals surface area contributed by atoms with Gasteiger partial charge in [-0.1, -0.05) is 18.2 Å². The molecule has 2 amide bonds. The standard InChI is InChI=1S/C23H27N3O3/c1-16(24-23(29)19-10-8-18(9-11-19)17(2)27)14-22(28)25-20-6-5-7-21(15-20)26-12-3-4-13-26/h5-11,15-16H,3-4,12-14H2,1-2H3,(H,24,29)(H,25,28). The first-order chi connectivity index (χ1) is 13.9. The highest BCUT2D eigenvalue weighted by atomic mass is 16.2. The van der Waals surface area contributed by atoms with Crippen LogP contribution in [0.15, 0.2) is 48.5 Å². The molecule has 1 fully saturated rings. The first-order valence-electron chi connectivity index (χ1n) is 9.99. The highest BCUT2D eigenvalue weighted by Crippen LogP contribution is 2.23. The van der Waals surface area contributed by atoms with E-state index in [4.69, 9.17) is 0 Å². The summed E-state index contributed by atoms with van der Waals surface area (Å²) >= 11 is 0. The molecule has 29 heavy (non-hydrogen) atoms. The molecule has 0 aromatic heterocycles. The van der Waals surface area contributed by atoms with Gasteiger partial charge in [0.05, 0.1) is 0 Å². The fourth-order valence-corrected chi connectivity index (χ4v) is 3.46. The number of nitrogens with zero attached hydrogens (tertiary/aromatic N) is 1. The third kappa shape index (κ3) is 5.67. The van der Waals surface area contributed by atoms with Crippen LogP contribution >= 0.6 is 0 Å². The molecule has 152 valence electrons. The highest BCUT2D eigenvalue weighted by molar-refractivity contribution is 5.98. The average molecular weight is 393 g/mol. The molecule has 1 unspecified atom stereocenters. The second-order valence-electron chi connectivity index (χ2n) is 7.50. The zero-order valence-corrected chi connectivity index (χ0v) is 16.9. The van der Waals surface area contributed by atoms with Gasteiger partial charge < -0.3 is 15.5 Å². The Labute approximate surface area is 171 Å². The lowest BCUT2D eigenvalue weighted by Gasteiger charge is -2.19. The number of anilines is 2. The molecule has 1 saturated heterocycles. The van der Waals surface area contributed by atoms with Crippen LogP contribution in [0.4, 0.5) is 11.4 Å². The Balaban J connectivity index is 1.51. The van der Waals surface area contributed by atoms with Crippen LogP contribution in [0.1, 0.15) is 53.8 Å². The van der Waals surface area contributed by atoms with Gasteiger partial charge in [0.25, 0.3) is 5.91 Å². The van der Waals surface area contributed by atoms with Gasteiger partial charge in [-0.25, -0.2) is 0 Å². The van der Waals surface area contributed by atoms with Crippen LogP contribution in [-0.2, 0) is 4.79 Å². The molecule has 1 aliphatic rings. The fraction of sp³-hybridized carbons (Fsp3) is 0.348. The Bertz CT molecular complexity index is 886. The Morgan fingerprint density at radius 1 is 1.00 bits per heavy atom. The van der Waals surface area contributed by atoms with E-state index in [1.165, 1.54) is 19.8 Å². The first-order valence-corrected chi connectivity index (χ1v) is 9.99. The van der Waals surface area contributed by atoms with E-state index in [0.717, 1.165) is 24.5 Å². The summed E-state index contributed by atoms with van der Waals surface area (Å²) in [6, 6.07) is 14.0. The van der Waals surface area contributed by atoms with Crippen LogP contribution in [0.5, 0.6) is 0 Å². The number of hydrogen-bond acceptors (Lipinski definition) is 4. The third-order valence-corrected chi connectivity index (χ3v) is 5.02. The zero-order chi connectivity index (χ0) is 20.8. The van der Waals surface area contributed by atoms with Crippen LogP contribution in [0, 0.1) is 0 Å². The smallest absolute Gasteiger partial charge is 0.251 e. The number of carbonyl (C=O) groups is 3. The van der Waals surface area contributed by atoms with Gasteiger partial charge in [-0.05, 0) is 57.0 Å². The van der Waals surface area contributed by atoms with Gasteiger partial charge in [-0.3, -0.25) is 14.4 Å². The second kappa shape index (κ2) is 9.37. The van der Waals surface area contributed by atoms with Crippen molar-refractivity contribution in [3.05, 3.63) is 59.7 Å². The minimum absolute atomic E-state index is 0.0456. The quantitative estimate of drug-likeness (QED) is 0.704. The predicted octanol–water partition coefficient (Wildman–Crippen LogP) is 3.64. The maximum absolute atomic E-state index is 12.4. The van der Waals surface area contributed by atoms with E-state index in [1.54, 1.807) is 31.2 Å². The number of rotatable bonds is 7. The summed E-state index contributed by atoms with van der Waals surface area (Å²) in [5.41, 5.74) is 2.90. The Hall–Kier alpha value is -3.15. The molecule has 2 N–H and O–H groups in total. The minimum atomic E-state index is -0.322. The first kappa shape index (κ1) is 20.6. The SMILES string of the molecule is CC(=O)c1ccc(C(=O)NC(C)CC(=O)Nc2cccc(N3CCCC3)c2)cc1. The largest absolute Gasteiger partial charge is 0.371 e. The summed E-state index contributed by atoms with van der Waals surface area (Å²) in [5, 5.41) is 5.74. The number of ketones is 1. The molecule has 0 radical (unpaired) electrons. The molecule has 0 aliphatic carbocycles. The van der Waals surface area contributed by atoms with E-state index in [0.29, 0.717) is 11.1 Å². The number of nitrogens with one attached hydrogen (secondary N) is 2. The molecular formula is C23H27N3O3. The summed E-state index contributed by atoms with van der Waals surface area (Å²) in [4.78, 5) is 38.4. The van der Waals surface area contributed by atoms with E-state index in [9.17, 15) is 14.4 Å². The highest BCUT2D eigenvalue weighted by Gasteiger charge is 2.15. The van der Waals surface area contributed by atoms with Crippen molar-refractivity contribution in [3.63, 3.8) is 0 Å². The summed E-state index contributed by atoms with van der Waals surface area (Å²) in [7, 11) is 0. The summed E-state index contributed by atoms with van der Waals surface area (Å²) in [5.74, 6) is -0.462. The number of Topliss-reactive ketones (excluding diaryl/α,β-unsaturated/α-hetero) is 1. The van der Waals surface area contributed by atoms with Gasteiger partial charge in [0.2, 0.25) is 5.91 Å². The number of hydrogen-bond donors (Lipinski definition) is 2. The predicted molar refractivity (Wildman–Crippen MR) is 115 cm³/mol. The summed E-state index contributed by atoms with van der Waals surface area (Å²) in [6.07, 6.45) is 2.57. The van der Waals surface area contributed by atoms with E-state index in [2.05, 4.69) is 21.6 Å². The monoisotopic (exact) mass is 393 g/mol. The molecule has 0 bridgehead atoms. The van der Waals surface area contributed by atoms with Crippen LogP contribution < -0.4 is 15.5 Å². The number of carbonyl (C=O) groups excluding carboxylic acids is 3. The second-order valence-corrected chi connectivity index (χ2v) is 7.50. The summed E-state index contributed by atoms with van der Waals surface area (Å²) in [6.45, 7) is 5.38. The molecule has 6 nitrogen and oxygen atoms in total. The number of amides is 2. The molecule has 0 spiro atoms. The lowest BCUT2D eigenvalue weighted by Crippen LogP contribution is -2.35. The molecule has 1 aliphatic heterocycles. The van der Waals surface area contributed by atoms with Crippen LogP contribution in [0.2, 0.25) is 0 Å². The lowest BCUT2D eigenvalue weighted by atomic mass is 10.1.